The van der Waals surface area contributed by atoms with Crippen LogP contribution < -0.4 is 5.56 Å². The molecule has 6 heteroatoms. The second-order valence-electron chi connectivity index (χ2n) is 7.50. The van der Waals surface area contributed by atoms with Crippen molar-refractivity contribution in [3.8, 4) is 11.5 Å². The molecule has 1 saturated carbocycles. The fourth-order valence-corrected chi connectivity index (χ4v) is 4.14. The van der Waals surface area contributed by atoms with Crippen molar-refractivity contribution in [3.05, 3.63) is 51.2 Å². The fraction of sp³-hybridized carbons (Fsp3) is 0.500. The van der Waals surface area contributed by atoms with Crippen molar-refractivity contribution >= 4 is 0 Å². The monoisotopic (exact) mass is 355 g/mol. The number of benzene rings is 1. The Kier molecular flexibility index (Phi) is 4.68. The van der Waals surface area contributed by atoms with Crippen LogP contribution in [0.5, 0.6) is 11.5 Å². The van der Waals surface area contributed by atoms with E-state index in [1.54, 1.807) is 6.07 Å². The SMILES string of the molecule is O=c1[nH]c(C2CCCCC2)nc2c1CCN(Cc1ccc(O)c(O)c1)C2. The van der Waals surface area contributed by atoms with E-state index >= 15 is 0 Å². The number of nitrogens with one attached hydrogen (secondary N) is 1. The summed E-state index contributed by atoms with van der Waals surface area (Å²) in [7, 11) is 0. The summed E-state index contributed by atoms with van der Waals surface area (Å²) in [5.41, 5.74) is 2.66. The Morgan fingerprint density at radius 3 is 2.73 bits per heavy atom. The second-order valence-corrected chi connectivity index (χ2v) is 7.50. The van der Waals surface area contributed by atoms with Crippen LogP contribution in [0.4, 0.5) is 0 Å². The maximum atomic E-state index is 12.5. The lowest BCUT2D eigenvalue weighted by Crippen LogP contribution is -2.35. The third kappa shape index (κ3) is 3.46. The van der Waals surface area contributed by atoms with Crippen LogP contribution in [0.25, 0.3) is 0 Å². The van der Waals surface area contributed by atoms with Crippen LogP contribution in [-0.2, 0) is 19.5 Å². The first-order valence-electron chi connectivity index (χ1n) is 9.45. The van der Waals surface area contributed by atoms with Crippen molar-refractivity contribution in [1.29, 1.82) is 0 Å². The molecule has 1 aliphatic carbocycles. The summed E-state index contributed by atoms with van der Waals surface area (Å²) in [6, 6.07) is 4.90. The van der Waals surface area contributed by atoms with E-state index in [1.807, 2.05) is 6.07 Å². The van der Waals surface area contributed by atoms with Gasteiger partial charge in [-0.25, -0.2) is 4.98 Å². The van der Waals surface area contributed by atoms with Gasteiger partial charge in [0.25, 0.3) is 5.56 Å². The third-order valence-electron chi connectivity index (χ3n) is 5.61. The molecule has 0 radical (unpaired) electrons. The zero-order chi connectivity index (χ0) is 18.1. The average molecular weight is 355 g/mol. The summed E-state index contributed by atoms with van der Waals surface area (Å²) in [4.78, 5) is 22.6. The van der Waals surface area contributed by atoms with Crippen LogP contribution in [0, 0.1) is 0 Å². The highest BCUT2D eigenvalue weighted by molar-refractivity contribution is 5.40. The molecular formula is C20H25N3O3. The topological polar surface area (TPSA) is 89.5 Å². The Morgan fingerprint density at radius 2 is 1.96 bits per heavy atom. The lowest BCUT2D eigenvalue weighted by Gasteiger charge is -2.29. The quantitative estimate of drug-likeness (QED) is 0.737. The van der Waals surface area contributed by atoms with Gasteiger partial charge in [0.15, 0.2) is 11.5 Å². The molecule has 4 rings (SSSR count). The number of hydrogen-bond acceptors (Lipinski definition) is 5. The summed E-state index contributed by atoms with van der Waals surface area (Å²) in [5.74, 6) is 1.03. The number of aromatic amines is 1. The lowest BCUT2D eigenvalue weighted by molar-refractivity contribution is 0.239. The van der Waals surface area contributed by atoms with Gasteiger partial charge in [-0.3, -0.25) is 9.69 Å². The standard InChI is InChI=1S/C20H25N3O3/c24-17-7-6-13(10-18(17)25)11-23-9-8-15-16(12-23)21-19(22-20(15)26)14-4-2-1-3-5-14/h6-7,10,14,24-25H,1-5,8-9,11-12H2,(H,21,22,26). The molecular weight excluding hydrogens is 330 g/mol. The largest absolute Gasteiger partial charge is 0.504 e. The first-order valence-corrected chi connectivity index (χ1v) is 9.45. The number of aromatic nitrogens is 2. The minimum absolute atomic E-state index is 0.0255. The highest BCUT2D eigenvalue weighted by atomic mass is 16.3. The summed E-state index contributed by atoms with van der Waals surface area (Å²) in [6.45, 7) is 2.07. The molecule has 1 aliphatic heterocycles. The molecule has 0 spiro atoms. The zero-order valence-corrected chi connectivity index (χ0v) is 14.9. The van der Waals surface area contributed by atoms with Crippen molar-refractivity contribution in [2.75, 3.05) is 6.54 Å². The Morgan fingerprint density at radius 1 is 1.15 bits per heavy atom. The van der Waals surface area contributed by atoms with Crippen molar-refractivity contribution in [2.45, 2.75) is 57.5 Å². The van der Waals surface area contributed by atoms with E-state index in [0.717, 1.165) is 42.0 Å². The average Bonchev–Trinajstić information content (AvgIpc) is 2.65. The van der Waals surface area contributed by atoms with Gasteiger partial charge >= 0.3 is 0 Å². The van der Waals surface area contributed by atoms with Gasteiger partial charge in [-0.2, -0.15) is 0 Å². The van der Waals surface area contributed by atoms with Crippen LogP contribution in [0.3, 0.4) is 0 Å². The number of hydrogen-bond donors (Lipinski definition) is 3. The van der Waals surface area contributed by atoms with Crippen LogP contribution in [0.15, 0.2) is 23.0 Å². The van der Waals surface area contributed by atoms with Crippen molar-refractivity contribution in [1.82, 2.24) is 14.9 Å². The summed E-state index contributed by atoms with van der Waals surface area (Å²) >= 11 is 0. The molecule has 138 valence electrons. The number of fused-ring (bicyclic) bond motifs is 1. The Hall–Kier alpha value is -2.34. The van der Waals surface area contributed by atoms with E-state index in [9.17, 15) is 15.0 Å². The van der Waals surface area contributed by atoms with E-state index in [4.69, 9.17) is 4.98 Å². The summed E-state index contributed by atoms with van der Waals surface area (Å²) in [5, 5.41) is 19.1. The minimum atomic E-state index is -0.108. The molecule has 0 bridgehead atoms. The number of phenolic OH excluding ortho intramolecular Hbond substituents is 2. The molecule has 1 aromatic heterocycles. The first-order chi connectivity index (χ1) is 12.6. The van der Waals surface area contributed by atoms with Crippen molar-refractivity contribution < 1.29 is 10.2 Å². The molecule has 26 heavy (non-hydrogen) atoms. The van der Waals surface area contributed by atoms with E-state index in [0.29, 0.717) is 25.4 Å². The Labute approximate surface area is 152 Å². The van der Waals surface area contributed by atoms with Gasteiger partial charge in [0.05, 0.1) is 5.69 Å². The molecule has 2 aliphatic rings. The Balaban J connectivity index is 1.54. The highest BCUT2D eigenvalue weighted by Crippen LogP contribution is 2.31. The molecule has 0 atom stereocenters. The maximum Gasteiger partial charge on any atom is 0.254 e. The molecule has 1 fully saturated rings. The van der Waals surface area contributed by atoms with Gasteiger partial charge in [0.2, 0.25) is 0 Å². The van der Waals surface area contributed by atoms with Crippen LogP contribution in [0.1, 0.15) is 60.7 Å². The molecule has 0 saturated heterocycles. The molecule has 1 aromatic carbocycles. The van der Waals surface area contributed by atoms with Gasteiger partial charge in [-0.05, 0) is 37.0 Å². The van der Waals surface area contributed by atoms with E-state index in [1.165, 1.54) is 25.3 Å². The fourth-order valence-electron chi connectivity index (χ4n) is 4.14. The molecule has 0 unspecified atom stereocenters. The number of H-pyrrole nitrogens is 1. The first kappa shape index (κ1) is 17.1. The van der Waals surface area contributed by atoms with Crippen LogP contribution in [0.2, 0.25) is 0 Å². The smallest absolute Gasteiger partial charge is 0.254 e. The third-order valence-corrected chi connectivity index (χ3v) is 5.61. The molecule has 0 amide bonds. The molecule has 2 heterocycles. The van der Waals surface area contributed by atoms with Crippen LogP contribution >= 0.6 is 0 Å². The second kappa shape index (κ2) is 7.11. The van der Waals surface area contributed by atoms with Crippen molar-refractivity contribution in [3.63, 3.8) is 0 Å². The number of phenols is 2. The minimum Gasteiger partial charge on any atom is -0.504 e. The van der Waals surface area contributed by atoms with Gasteiger partial charge in [-0.1, -0.05) is 25.3 Å². The number of rotatable bonds is 3. The molecule has 3 N–H and O–H groups in total. The van der Waals surface area contributed by atoms with Gasteiger partial charge in [0.1, 0.15) is 5.82 Å². The van der Waals surface area contributed by atoms with E-state index in [2.05, 4.69) is 9.88 Å². The Bertz CT molecular complexity index is 856. The number of aromatic hydroxyl groups is 2. The van der Waals surface area contributed by atoms with Gasteiger partial charge < -0.3 is 15.2 Å². The normalized spacial score (nSPS) is 18.6. The number of nitrogens with zero attached hydrogens (tertiary/aromatic N) is 2. The summed E-state index contributed by atoms with van der Waals surface area (Å²) < 4.78 is 0. The zero-order valence-electron chi connectivity index (χ0n) is 14.9. The van der Waals surface area contributed by atoms with Crippen LogP contribution in [-0.4, -0.2) is 31.6 Å². The summed E-state index contributed by atoms with van der Waals surface area (Å²) in [6.07, 6.45) is 6.60. The van der Waals surface area contributed by atoms with E-state index < -0.39 is 0 Å². The molecule has 2 aromatic rings. The molecule has 6 nitrogen and oxygen atoms in total. The maximum absolute atomic E-state index is 12.5. The van der Waals surface area contributed by atoms with Crippen molar-refractivity contribution in [2.24, 2.45) is 0 Å². The lowest BCUT2D eigenvalue weighted by atomic mass is 9.88. The predicted octanol–water partition coefficient (Wildman–Crippen LogP) is 2.79. The predicted molar refractivity (Wildman–Crippen MR) is 98.3 cm³/mol. The highest BCUT2D eigenvalue weighted by Gasteiger charge is 2.24. The van der Waals surface area contributed by atoms with E-state index in [-0.39, 0.29) is 17.1 Å². The van der Waals surface area contributed by atoms with Gasteiger partial charge in [0, 0.05) is 31.1 Å². The van der Waals surface area contributed by atoms with Gasteiger partial charge in [-0.15, -0.1) is 0 Å².